The molecule has 1 saturated heterocycles. The number of nitrogens with one attached hydrogen (secondary N) is 2. The number of likely N-dealkylation sites (tertiary alicyclic amines) is 1. The topological polar surface area (TPSA) is 79.9 Å². The van der Waals surface area contributed by atoms with E-state index < -0.39 is 17.8 Å². The summed E-state index contributed by atoms with van der Waals surface area (Å²) in [5, 5.41) is 5.48. The molecule has 2 aromatic rings. The lowest BCUT2D eigenvalue weighted by Gasteiger charge is -2.32. The van der Waals surface area contributed by atoms with Crippen LogP contribution in [-0.4, -0.2) is 55.8 Å². The van der Waals surface area contributed by atoms with Crippen molar-refractivity contribution in [3.8, 4) is 5.75 Å². The Morgan fingerprint density at radius 1 is 0.974 bits per heavy atom. The molecule has 38 heavy (non-hydrogen) atoms. The van der Waals surface area contributed by atoms with Gasteiger partial charge in [0.2, 0.25) is 0 Å². The molecule has 0 radical (unpaired) electrons. The lowest BCUT2D eigenvalue weighted by atomic mass is 10.1. The van der Waals surface area contributed by atoms with Gasteiger partial charge in [-0.05, 0) is 67.1 Å². The van der Waals surface area contributed by atoms with Gasteiger partial charge in [-0.15, -0.1) is 0 Å². The lowest BCUT2D eigenvalue weighted by Crippen LogP contribution is -2.37. The summed E-state index contributed by atoms with van der Waals surface area (Å²) in [6.45, 7) is 7.30. The van der Waals surface area contributed by atoms with Gasteiger partial charge in [0.15, 0.2) is 0 Å². The molecule has 0 aromatic heterocycles. The zero-order valence-corrected chi connectivity index (χ0v) is 21.9. The van der Waals surface area contributed by atoms with Crippen LogP contribution >= 0.6 is 0 Å². The Morgan fingerprint density at radius 3 is 2.21 bits per heavy atom. The molecule has 1 heterocycles. The van der Waals surface area contributed by atoms with Gasteiger partial charge in [-0.3, -0.25) is 9.69 Å². The number of alkyl halides is 3. The van der Waals surface area contributed by atoms with Crippen LogP contribution in [-0.2, 0) is 17.5 Å². The molecule has 208 valence electrons. The Kier molecular flexibility index (Phi) is 10.8. The van der Waals surface area contributed by atoms with Crippen LogP contribution in [0.5, 0.6) is 5.75 Å². The van der Waals surface area contributed by atoms with Crippen molar-refractivity contribution < 1.29 is 32.2 Å². The number of ether oxygens (including phenoxy) is 2. The first-order valence-corrected chi connectivity index (χ1v) is 12.9. The number of halogens is 3. The Hall–Kier alpha value is -3.27. The molecule has 2 aromatic carbocycles. The third-order valence-corrected chi connectivity index (χ3v) is 6.10. The van der Waals surface area contributed by atoms with E-state index in [9.17, 15) is 22.8 Å². The van der Waals surface area contributed by atoms with E-state index in [1.807, 2.05) is 13.8 Å². The van der Waals surface area contributed by atoms with Gasteiger partial charge in [-0.2, -0.15) is 13.2 Å². The molecular formula is C28H36F3N3O4. The van der Waals surface area contributed by atoms with E-state index in [-0.39, 0.29) is 17.9 Å². The molecule has 7 nitrogen and oxygen atoms in total. The van der Waals surface area contributed by atoms with Crippen LogP contribution in [0.25, 0.3) is 0 Å². The highest BCUT2D eigenvalue weighted by atomic mass is 19.4. The summed E-state index contributed by atoms with van der Waals surface area (Å²) in [6, 6.07) is 12.3. The van der Waals surface area contributed by atoms with Crippen molar-refractivity contribution in [2.24, 2.45) is 5.92 Å². The predicted octanol–water partition coefficient (Wildman–Crippen LogP) is 5.25. The van der Waals surface area contributed by atoms with Crippen LogP contribution in [0.2, 0.25) is 0 Å². The van der Waals surface area contributed by atoms with Crippen LogP contribution in [0, 0.1) is 5.92 Å². The molecule has 2 N–H and O–H groups in total. The fourth-order valence-corrected chi connectivity index (χ4v) is 4.00. The van der Waals surface area contributed by atoms with Gasteiger partial charge in [0.25, 0.3) is 5.91 Å². The SMILES string of the molecule is CC(C)COC(=O)NCCCNC(=O)c1ccc(OC2CCN(Cc3ccc(C(F)(F)F)cc3)CC2)cc1. The number of amides is 2. The van der Waals surface area contributed by atoms with Gasteiger partial charge in [-0.1, -0.05) is 26.0 Å². The minimum Gasteiger partial charge on any atom is -0.490 e. The average Bonchev–Trinajstić information content (AvgIpc) is 2.88. The molecule has 0 atom stereocenters. The molecule has 1 aliphatic rings. The number of alkyl carbamates (subject to hydrolysis) is 1. The molecule has 0 unspecified atom stereocenters. The maximum Gasteiger partial charge on any atom is 0.416 e. The van der Waals surface area contributed by atoms with Crippen molar-refractivity contribution >= 4 is 12.0 Å². The van der Waals surface area contributed by atoms with E-state index in [0.717, 1.165) is 43.6 Å². The van der Waals surface area contributed by atoms with E-state index in [1.54, 1.807) is 24.3 Å². The fraction of sp³-hybridized carbons (Fsp3) is 0.500. The van der Waals surface area contributed by atoms with Crippen molar-refractivity contribution in [3.63, 3.8) is 0 Å². The van der Waals surface area contributed by atoms with Crippen LogP contribution in [0.4, 0.5) is 18.0 Å². The Labute approximate surface area is 221 Å². The Balaban J connectivity index is 1.33. The molecule has 0 spiro atoms. The second-order valence-corrected chi connectivity index (χ2v) is 9.84. The van der Waals surface area contributed by atoms with Crippen molar-refractivity contribution in [1.29, 1.82) is 0 Å². The monoisotopic (exact) mass is 535 g/mol. The molecule has 1 fully saturated rings. The fourth-order valence-electron chi connectivity index (χ4n) is 4.00. The number of hydrogen-bond acceptors (Lipinski definition) is 5. The molecule has 0 bridgehead atoms. The normalized spacial score (nSPS) is 14.8. The summed E-state index contributed by atoms with van der Waals surface area (Å²) >= 11 is 0. The molecule has 3 rings (SSSR count). The van der Waals surface area contributed by atoms with Crippen molar-refractivity contribution in [3.05, 3.63) is 65.2 Å². The van der Waals surface area contributed by atoms with E-state index in [1.165, 1.54) is 12.1 Å². The van der Waals surface area contributed by atoms with Crippen LogP contribution in [0.3, 0.4) is 0 Å². The minimum atomic E-state index is -4.32. The van der Waals surface area contributed by atoms with Crippen molar-refractivity contribution in [2.75, 3.05) is 32.8 Å². The quantitative estimate of drug-likeness (QED) is 0.384. The smallest absolute Gasteiger partial charge is 0.416 e. The second-order valence-electron chi connectivity index (χ2n) is 9.84. The summed E-state index contributed by atoms with van der Waals surface area (Å²) in [5.41, 5.74) is 0.741. The first-order valence-electron chi connectivity index (χ1n) is 12.9. The van der Waals surface area contributed by atoms with Gasteiger partial charge < -0.3 is 20.1 Å². The Morgan fingerprint density at radius 2 is 1.61 bits per heavy atom. The highest BCUT2D eigenvalue weighted by Crippen LogP contribution is 2.29. The van der Waals surface area contributed by atoms with E-state index in [4.69, 9.17) is 9.47 Å². The van der Waals surface area contributed by atoms with Crippen LogP contribution in [0.1, 0.15) is 54.6 Å². The van der Waals surface area contributed by atoms with Crippen molar-refractivity contribution in [1.82, 2.24) is 15.5 Å². The summed E-state index contributed by atoms with van der Waals surface area (Å²) in [5.74, 6) is 0.765. The first-order chi connectivity index (χ1) is 18.1. The zero-order chi connectivity index (χ0) is 27.5. The van der Waals surface area contributed by atoms with E-state index in [2.05, 4.69) is 15.5 Å². The Bertz CT molecular complexity index is 1020. The molecule has 2 amide bonds. The number of rotatable bonds is 11. The zero-order valence-electron chi connectivity index (χ0n) is 21.9. The van der Waals surface area contributed by atoms with Crippen LogP contribution < -0.4 is 15.4 Å². The van der Waals surface area contributed by atoms with Gasteiger partial charge in [0.1, 0.15) is 11.9 Å². The highest BCUT2D eigenvalue weighted by Gasteiger charge is 2.30. The summed E-state index contributed by atoms with van der Waals surface area (Å²) in [6.07, 6.45) is -2.53. The maximum atomic E-state index is 12.7. The lowest BCUT2D eigenvalue weighted by molar-refractivity contribution is -0.137. The number of hydrogen-bond donors (Lipinski definition) is 2. The van der Waals surface area contributed by atoms with Gasteiger partial charge in [0.05, 0.1) is 12.2 Å². The summed E-state index contributed by atoms with van der Waals surface area (Å²) < 4.78 is 49.3. The standard InChI is InChI=1S/C28H36F3N3O4/c1-20(2)19-37-27(36)33-15-3-14-32-26(35)22-6-10-24(11-7-22)38-25-12-16-34(17-13-25)18-21-4-8-23(9-5-21)28(29,30)31/h4-11,20,25H,3,12-19H2,1-2H3,(H,32,35)(H,33,36). The third kappa shape index (κ3) is 9.89. The van der Waals surface area contributed by atoms with E-state index >= 15 is 0 Å². The van der Waals surface area contributed by atoms with E-state index in [0.29, 0.717) is 44.0 Å². The van der Waals surface area contributed by atoms with Gasteiger partial charge in [-0.25, -0.2) is 4.79 Å². The number of carbonyl (C=O) groups excluding carboxylic acids is 2. The van der Waals surface area contributed by atoms with Gasteiger partial charge >= 0.3 is 12.3 Å². The predicted molar refractivity (Wildman–Crippen MR) is 138 cm³/mol. The number of benzene rings is 2. The molecule has 0 aliphatic carbocycles. The second kappa shape index (κ2) is 14.0. The highest BCUT2D eigenvalue weighted by molar-refractivity contribution is 5.94. The largest absolute Gasteiger partial charge is 0.490 e. The molecule has 10 heteroatoms. The maximum absolute atomic E-state index is 12.7. The summed E-state index contributed by atoms with van der Waals surface area (Å²) in [7, 11) is 0. The molecule has 1 aliphatic heterocycles. The molecular weight excluding hydrogens is 499 g/mol. The van der Waals surface area contributed by atoms with Crippen molar-refractivity contribution in [2.45, 2.75) is 51.9 Å². The number of nitrogens with zero attached hydrogens (tertiary/aromatic N) is 1. The first kappa shape index (κ1) is 29.3. The summed E-state index contributed by atoms with van der Waals surface area (Å²) in [4.78, 5) is 26.1. The average molecular weight is 536 g/mol. The molecule has 0 saturated carbocycles. The number of carbonyl (C=O) groups is 2. The third-order valence-electron chi connectivity index (χ3n) is 6.10. The number of piperidine rings is 1. The van der Waals surface area contributed by atoms with Crippen LogP contribution in [0.15, 0.2) is 48.5 Å². The minimum absolute atomic E-state index is 0.0401. The van der Waals surface area contributed by atoms with Gasteiger partial charge in [0, 0.05) is 38.3 Å².